The highest BCUT2D eigenvalue weighted by atomic mass is 79.9. The van der Waals surface area contributed by atoms with Gasteiger partial charge >= 0.3 is 0 Å². The van der Waals surface area contributed by atoms with Crippen LogP contribution in [0.25, 0.3) is 0 Å². The third kappa shape index (κ3) is 5.84. The van der Waals surface area contributed by atoms with Gasteiger partial charge in [0.1, 0.15) is 12.4 Å². The second kappa shape index (κ2) is 6.95. The Kier molecular flexibility index (Phi) is 6.08. The van der Waals surface area contributed by atoms with Gasteiger partial charge in [0.2, 0.25) is 0 Å². The molecule has 0 aliphatic carbocycles. The summed E-state index contributed by atoms with van der Waals surface area (Å²) in [7, 11) is 0. The Hall–Kier alpha value is -0.540. The zero-order valence-corrected chi connectivity index (χ0v) is 14.8. The van der Waals surface area contributed by atoms with Gasteiger partial charge in [-0.2, -0.15) is 0 Å². The highest BCUT2D eigenvalue weighted by Gasteiger charge is 2.27. The molecule has 0 radical (unpaired) electrons. The van der Waals surface area contributed by atoms with Crippen molar-refractivity contribution < 1.29 is 9.84 Å². The van der Waals surface area contributed by atoms with Gasteiger partial charge in [0.15, 0.2) is 0 Å². The Balaban J connectivity index is 2.70. The van der Waals surface area contributed by atoms with Crippen molar-refractivity contribution in [3.8, 4) is 5.75 Å². The Labute approximate surface area is 131 Å². The van der Waals surface area contributed by atoms with Crippen molar-refractivity contribution in [3.63, 3.8) is 0 Å². The molecule has 0 aromatic heterocycles. The zero-order valence-electron chi connectivity index (χ0n) is 13.2. The predicted molar refractivity (Wildman–Crippen MR) is 88.8 cm³/mol. The maximum atomic E-state index is 9.46. The van der Waals surface area contributed by atoms with Crippen molar-refractivity contribution in [2.24, 2.45) is 5.41 Å². The Morgan fingerprint density at radius 3 is 2.10 bits per heavy atom. The standard InChI is InChI=1S/C17H27BrO2/c1-16(2,3)12-17(4,5)13-6-8-15(9-7-13)20-11-14(19)10-18/h6-9,14,19H,10-12H2,1-5H3. The monoisotopic (exact) mass is 342 g/mol. The van der Waals surface area contributed by atoms with Crippen LogP contribution >= 0.6 is 15.9 Å². The number of hydrogen-bond donors (Lipinski definition) is 1. The van der Waals surface area contributed by atoms with Crippen molar-refractivity contribution in [1.82, 2.24) is 0 Å². The SMILES string of the molecule is CC(C)(C)CC(C)(C)c1ccc(OCC(O)CBr)cc1. The average molecular weight is 343 g/mol. The molecule has 0 heterocycles. The van der Waals surface area contributed by atoms with Crippen molar-refractivity contribution >= 4 is 15.9 Å². The molecule has 1 aromatic carbocycles. The minimum Gasteiger partial charge on any atom is -0.491 e. The molecule has 0 amide bonds. The van der Waals surface area contributed by atoms with E-state index in [9.17, 15) is 5.11 Å². The highest BCUT2D eigenvalue weighted by Crippen LogP contribution is 2.36. The number of hydrogen-bond acceptors (Lipinski definition) is 2. The van der Waals surface area contributed by atoms with Crippen LogP contribution in [0.2, 0.25) is 0 Å². The first-order valence-electron chi connectivity index (χ1n) is 7.11. The van der Waals surface area contributed by atoms with Crippen LogP contribution in [0.1, 0.15) is 46.6 Å². The molecule has 0 spiro atoms. The number of ether oxygens (including phenoxy) is 1. The molecule has 1 atom stereocenters. The van der Waals surface area contributed by atoms with Gasteiger partial charge in [-0.25, -0.2) is 0 Å². The third-order valence-corrected chi connectivity index (χ3v) is 3.98. The van der Waals surface area contributed by atoms with Gasteiger partial charge < -0.3 is 9.84 Å². The molecular weight excluding hydrogens is 316 g/mol. The van der Waals surface area contributed by atoms with E-state index in [4.69, 9.17) is 4.74 Å². The number of benzene rings is 1. The van der Waals surface area contributed by atoms with Crippen LogP contribution in [0, 0.1) is 5.41 Å². The summed E-state index contributed by atoms with van der Waals surface area (Å²) in [5, 5.41) is 9.99. The van der Waals surface area contributed by atoms with Crippen LogP contribution in [0.3, 0.4) is 0 Å². The second-order valence-electron chi connectivity index (χ2n) is 7.26. The lowest BCUT2D eigenvalue weighted by molar-refractivity contribution is 0.127. The molecule has 1 aromatic rings. The van der Waals surface area contributed by atoms with E-state index in [0.29, 0.717) is 17.4 Å². The lowest BCUT2D eigenvalue weighted by Gasteiger charge is -2.33. The van der Waals surface area contributed by atoms with Crippen LogP contribution in [0.4, 0.5) is 0 Å². The van der Waals surface area contributed by atoms with E-state index >= 15 is 0 Å². The maximum absolute atomic E-state index is 9.46. The summed E-state index contributed by atoms with van der Waals surface area (Å²) in [6.07, 6.45) is 0.662. The minimum absolute atomic E-state index is 0.145. The molecule has 0 bridgehead atoms. The van der Waals surface area contributed by atoms with Crippen molar-refractivity contribution in [2.45, 2.75) is 52.6 Å². The van der Waals surface area contributed by atoms with E-state index in [1.807, 2.05) is 12.1 Å². The molecule has 1 N–H and O–H groups in total. The molecule has 1 unspecified atom stereocenters. The molecular formula is C17H27BrO2. The van der Waals surface area contributed by atoms with Crippen LogP contribution < -0.4 is 4.74 Å². The van der Waals surface area contributed by atoms with Gasteiger partial charge in [-0.15, -0.1) is 0 Å². The van der Waals surface area contributed by atoms with Crippen molar-refractivity contribution in [3.05, 3.63) is 29.8 Å². The van der Waals surface area contributed by atoms with E-state index in [2.05, 4.69) is 62.7 Å². The van der Waals surface area contributed by atoms with E-state index in [1.54, 1.807) is 0 Å². The second-order valence-corrected chi connectivity index (χ2v) is 7.91. The predicted octanol–water partition coefficient (Wildman–Crippen LogP) is 4.54. The summed E-state index contributed by atoms with van der Waals surface area (Å²) < 4.78 is 5.55. The minimum atomic E-state index is -0.466. The first-order chi connectivity index (χ1) is 9.14. The van der Waals surface area contributed by atoms with Crippen LogP contribution in [0.5, 0.6) is 5.75 Å². The molecule has 0 fully saturated rings. The molecule has 114 valence electrons. The van der Waals surface area contributed by atoms with Crippen molar-refractivity contribution in [2.75, 3.05) is 11.9 Å². The van der Waals surface area contributed by atoms with Gasteiger partial charge in [-0.3, -0.25) is 0 Å². The van der Waals surface area contributed by atoms with Crippen LogP contribution in [0.15, 0.2) is 24.3 Å². The highest BCUT2D eigenvalue weighted by molar-refractivity contribution is 9.09. The Morgan fingerprint density at radius 1 is 1.10 bits per heavy atom. The smallest absolute Gasteiger partial charge is 0.119 e. The van der Waals surface area contributed by atoms with Crippen LogP contribution in [-0.2, 0) is 5.41 Å². The van der Waals surface area contributed by atoms with Gasteiger partial charge in [-0.05, 0) is 34.9 Å². The van der Waals surface area contributed by atoms with Crippen molar-refractivity contribution in [1.29, 1.82) is 0 Å². The Morgan fingerprint density at radius 2 is 1.65 bits per heavy atom. The molecule has 20 heavy (non-hydrogen) atoms. The summed E-state index contributed by atoms with van der Waals surface area (Å²) in [5.41, 5.74) is 1.77. The fraction of sp³-hybridized carbons (Fsp3) is 0.647. The molecule has 0 saturated heterocycles. The third-order valence-electron chi connectivity index (χ3n) is 3.23. The van der Waals surface area contributed by atoms with Crippen LogP contribution in [-0.4, -0.2) is 23.1 Å². The van der Waals surface area contributed by atoms with Gasteiger partial charge in [-0.1, -0.05) is 62.7 Å². The number of rotatable bonds is 6. The summed E-state index contributed by atoms with van der Waals surface area (Å²) >= 11 is 3.22. The lowest BCUT2D eigenvalue weighted by Crippen LogP contribution is -2.24. The zero-order chi connectivity index (χ0) is 15.4. The molecule has 0 saturated carbocycles. The normalized spacial score (nSPS) is 14.2. The fourth-order valence-corrected chi connectivity index (χ4v) is 2.85. The lowest BCUT2D eigenvalue weighted by atomic mass is 9.72. The molecule has 2 nitrogen and oxygen atoms in total. The first-order valence-corrected chi connectivity index (χ1v) is 8.23. The number of aliphatic hydroxyl groups excluding tert-OH is 1. The van der Waals surface area contributed by atoms with Gasteiger partial charge in [0, 0.05) is 5.33 Å². The summed E-state index contributed by atoms with van der Waals surface area (Å²) in [5.74, 6) is 0.806. The number of halogens is 1. The first kappa shape index (κ1) is 17.5. The summed E-state index contributed by atoms with van der Waals surface area (Å²) in [4.78, 5) is 0. The molecule has 3 heteroatoms. The summed E-state index contributed by atoms with van der Waals surface area (Å²) in [6, 6.07) is 8.23. The quantitative estimate of drug-likeness (QED) is 0.769. The van der Waals surface area contributed by atoms with E-state index in [1.165, 1.54) is 5.56 Å². The fourth-order valence-electron chi connectivity index (χ4n) is 2.67. The largest absolute Gasteiger partial charge is 0.491 e. The molecule has 1 rings (SSSR count). The molecule has 0 aliphatic rings. The van der Waals surface area contributed by atoms with E-state index in [-0.39, 0.29) is 5.41 Å². The maximum Gasteiger partial charge on any atom is 0.119 e. The number of alkyl halides is 1. The topological polar surface area (TPSA) is 29.5 Å². The molecule has 0 aliphatic heterocycles. The van der Waals surface area contributed by atoms with Gasteiger partial charge in [0.25, 0.3) is 0 Å². The van der Waals surface area contributed by atoms with E-state index in [0.717, 1.165) is 12.2 Å². The summed E-state index contributed by atoms with van der Waals surface area (Å²) in [6.45, 7) is 11.7. The van der Waals surface area contributed by atoms with E-state index < -0.39 is 6.10 Å². The van der Waals surface area contributed by atoms with Gasteiger partial charge in [0.05, 0.1) is 6.10 Å². The average Bonchev–Trinajstić information content (AvgIpc) is 2.33. The Bertz CT molecular complexity index is 404. The number of aliphatic hydroxyl groups is 1.